The molecule has 136 valence electrons. The summed E-state index contributed by atoms with van der Waals surface area (Å²) < 4.78 is 5.77. The molecule has 1 saturated heterocycles. The molecule has 24 heavy (non-hydrogen) atoms. The van der Waals surface area contributed by atoms with Crippen molar-refractivity contribution in [2.75, 3.05) is 26.2 Å². The molecule has 0 saturated carbocycles. The van der Waals surface area contributed by atoms with Crippen LogP contribution in [0.4, 0.5) is 0 Å². The van der Waals surface area contributed by atoms with Gasteiger partial charge in [-0.15, -0.1) is 24.8 Å². The maximum absolute atomic E-state index is 12.3. The van der Waals surface area contributed by atoms with Gasteiger partial charge in [-0.1, -0.05) is 30.3 Å². The summed E-state index contributed by atoms with van der Waals surface area (Å²) >= 11 is 0. The van der Waals surface area contributed by atoms with Gasteiger partial charge in [-0.3, -0.25) is 9.79 Å². The molecule has 1 amide bonds. The van der Waals surface area contributed by atoms with Crippen molar-refractivity contribution in [2.24, 2.45) is 16.5 Å². The molecule has 0 spiro atoms. The maximum Gasteiger partial charge on any atom is 0.222 e. The fourth-order valence-corrected chi connectivity index (χ4v) is 2.50. The van der Waals surface area contributed by atoms with Crippen LogP contribution < -0.4 is 11.5 Å². The zero-order chi connectivity index (χ0) is 15.8. The highest BCUT2D eigenvalue weighted by Gasteiger charge is 2.24. The molecule has 1 aliphatic rings. The van der Waals surface area contributed by atoms with Crippen molar-refractivity contribution in [1.29, 1.82) is 0 Å². The van der Waals surface area contributed by atoms with Gasteiger partial charge in [-0.25, -0.2) is 0 Å². The van der Waals surface area contributed by atoms with Crippen molar-refractivity contribution in [1.82, 2.24) is 4.90 Å². The molecular weight excluding hydrogens is 351 g/mol. The molecular formula is C16H26Cl2N4O2. The van der Waals surface area contributed by atoms with Crippen molar-refractivity contribution >= 4 is 36.7 Å². The topological polar surface area (TPSA) is 93.9 Å². The molecule has 0 bridgehead atoms. The summed E-state index contributed by atoms with van der Waals surface area (Å²) in [5.41, 5.74) is 11.6. The molecule has 8 heteroatoms. The van der Waals surface area contributed by atoms with Crippen LogP contribution in [0, 0.1) is 0 Å². The monoisotopic (exact) mass is 376 g/mol. The number of hydrogen-bond acceptors (Lipinski definition) is 3. The second kappa shape index (κ2) is 11.9. The van der Waals surface area contributed by atoms with Crippen LogP contribution in [0.1, 0.15) is 30.9 Å². The second-order valence-corrected chi connectivity index (χ2v) is 5.37. The first-order chi connectivity index (χ1) is 10.7. The number of rotatable bonds is 6. The molecule has 0 aliphatic carbocycles. The minimum absolute atomic E-state index is 0. The Hall–Kier alpha value is -1.50. The average Bonchev–Trinajstić information content (AvgIpc) is 2.55. The van der Waals surface area contributed by atoms with Crippen molar-refractivity contribution in [3.63, 3.8) is 0 Å². The molecule has 1 unspecified atom stereocenters. The van der Waals surface area contributed by atoms with Crippen LogP contribution in [-0.4, -0.2) is 43.0 Å². The molecule has 0 aromatic heterocycles. The van der Waals surface area contributed by atoms with E-state index in [9.17, 15) is 4.79 Å². The first-order valence-corrected chi connectivity index (χ1v) is 7.66. The van der Waals surface area contributed by atoms with Crippen LogP contribution in [0.25, 0.3) is 0 Å². The lowest BCUT2D eigenvalue weighted by Gasteiger charge is -2.33. The number of ether oxygens (including phenoxy) is 1. The van der Waals surface area contributed by atoms with Gasteiger partial charge in [-0.05, 0) is 18.4 Å². The average molecular weight is 377 g/mol. The van der Waals surface area contributed by atoms with Crippen molar-refractivity contribution in [3.05, 3.63) is 35.9 Å². The van der Waals surface area contributed by atoms with E-state index in [-0.39, 0.29) is 42.8 Å². The van der Waals surface area contributed by atoms with Crippen molar-refractivity contribution in [2.45, 2.75) is 25.4 Å². The minimum atomic E-state index is -0.0273. The number of amides is 1. The smallest absolute Gasteiger partial charge is 0.222 e. The van der Waals surface area contributed by atoms with E-state index in [1.807, 2.05) is 35.2 Å². The van der Waals surface area contributed by atoms with E-state index in [0.29, 0.717) is 32.7 Å². The summed E-state index contributed by atoms with van der Waals surface area (Å²) in [7, 11) is 0. The summed E-state index contributed by atoms with van der Waals surface area (Å²) in [6, 6.07) is 10.0. The molecule has 4 N–H and O–H groups in total. The van der Waals surface area contributed by atoms with Crippen LogP contribution >= 0.6 is 24.8 Å². The summed E-state index contributed by atoms with van der Waals surface area (Å²) in [4.78, 5) is 18.1. The predicted molar refractivity (Wildman–Crippen MR) is 101 cm³/mol. The number of guanidine groups is 1. The van der Waals surface area contributed by atoms with E-state index in [1.54, 1.807) is 0 Å². The highest BCUT2D eigenvalue weighted by Crippen LogP contribution is 2.22. The molecule has 1 atom stereocenters. The SMILES string of the molecule is Cl.Cl.NC(N)=NCCCCC(=O)N1CCOC(c2ccccc2)C1. The Balaban J connectivity index is 0.00000264. The number of hydrogen-bond donors (Lipinski definition) is 2. The number of carbonyl (C=O) groups excluding carboxylic acids is 1. The van der Waals surface area contributed by atoms with Gasteiger partial charge < -0.3 is 21.1 Å². The van der Waals surface area contributed by atoms with E-state index < -0.39 is 0 Å². The van der Waals surface area contributed by atoms with Gasteiger partial charge in [0.25, 0.3) is 0 Å². The van der Waals surface area contributed by atoms with Crippen LogP contribution in [0.3, 0.4) is 0 Å². The number of unbranched alkanes of at least 4 members (excludes halogenated alkanes) is 1. The molecule has 1 aromatic carbocycles. The molecule has 6 nitrogen and oxygen atoms in total. The third-order valence-electron chi connectivity index (χ3n) is 3.68. The Morgan fingerprint density at radius 2 is 1.92 bits per heavy atom. The van der Waals surface area contributed by atoms with E-state index in [0.717, 1.165) is 18.4 Å². The zero-order valence-electron chi connectivity index (χ0n) is 13.6. The van der Waals surface area contributed by atoms with Crippen LogP contribution in [0.2, 0.25) is 0 Å². The van der Waals surface area contributed by atoms with Crippen LogP contribution in [-0.2, 0) is 9.53 Å². The Labute approximate surface area is 155 Å². The van der Waals surface area contributed by atoms with Crippen molar-refractivity contribution in [3.8, 4) is 0 Å². The van der Waals surface area contributed by atoms with Gasteiger partial charge in [0.1, 0.15) is 6.10 Å². The van der Waals surface area contributed by atoms with Crippen LogP contribution in [0.5, 0.6) is 0 Å². The molecule has 2 rings (SSSR count). The number of morpholine rings is 1. The standard InChI is InChI=1S/C16H24N4O2.2ClH/c17-16(18)19-9-5-4-8-15(21)20-10-11-22-14(12-20)13-6-2-1-3-7-13;;/h1-3,6-7,14H,4-5,8-12H2,(H4,17,18,19);2*1H. The highest BCUT2D eigenvalue weighted by atomic mass is 35.5. The lowest BCUT2D eigenvalue weighted by molar-refractivity contribution is -0.139. The number of nitrogens with zero attached hydrogens (tertiary/aromatic N) is 2. The van der Waals surface area contributed by atoms with Gasteiger partial charge >= 0.3 is 0 Å². The number of halogens is 2. The fraction of sp³-hybridized carbons (Fsp3) is 0.500. The van der Waals surface area contributed by atoms with Gasteiger partial charge in [0.2, 0.25) is 5.91 Å². The minimum Gasteiger partial charge on any atom is -0.370 e. The van der Waals surface area contributed by atoms with E-state index in [1.165, 1.54) is 0 Å². The summed E-state index contributed by atoms with van der Waals surface area (Å²) in [5, 5.41) is 0. The fourth-order valence-electron chi connectivity index (χ4n) is 2.50. The predicted octanol–water partition coefficient (Wildman–Crippen LogP) is 1.87. The second-order valence-electron chi connectivity index (χ2n) is 5.37. The van der Waals surface area contributed by atoms with E-state index in [4.69, 9.17) is 16.2 Å². The van der Waals surface area contributed by atoms with Gasteiger partial charge in [-0.2, -0.15) is 0 Å². The van der Waals surface area contributed by atoms with Crippen molar-refractivity contribution < 1.29 is 9.53 Å². The van der Waals surface area contributed by atoms with E-state index in [2.05, 4.69) is 4.99 Å². The Morgan fingerprint density at radius 1 is 1.21 bits per heavy atom. The van der Waals surface area contributed by atoms with Crippen LogP contribution in [0.15, 0.2) is 35.3 Å². The largest absolute Gasteiger partial charge is 0.370 e. The summed E-state index contributed by atoms with van der Waals surface area (Å²) in [5.74, 6) is 0.277. The van der Waals surface area contributed by atoms with Gasteiger partial charge in [0, 0.05) is 19.5 Å². The maximum atomic E-state index is 12.3. The quantitative estimate of drug-likeness (QED) is 0.450. The first-order valence-electron chi connectivity index (χ1n) is 7.66. The third-order valence-corrected chi connectivity index (χ3v) is 3.68. The molecule has 1 heterocycles. The number of aliphatic imine (C=N–C) groups is 1. The number of nitrogens with two attached hydrogens (primary N) is 2. The Morgan fingerprint density at radius 3 is 2.58 bits per heavy atom. The summed E-state index contributed by atoms with van der Waals surface area (Å²) in [6.45, 7) is 2.44. The van der Waals surface area contributed by atoms with E-state index >= 15 is 0 Å². The third kappa shape index (κ3) is 7.38. The summed E-state index contributed by atoms with van der Waals surface area (Å²) in [6.07, 6.45) is 2.11. The Kier molecular flexibility index (Phi) is 11.2. The lowest BCUT2D eigenvalue weighted by atomic mass is 10.1. The van der Waals surface area contributed by atoms with Gasteiger partial charge in [0.15, 0.2) is 5.96 Å². The molecule has 0 radical (unpaired) electrons. The lowest BCUT2D eigenvalue weighted by Crippen LogP contribution is -2.42. The normalized spacial score (nSPS) is 16.5. The Bertz CT molecular complexity index is 510. The highest BCUT2D eigenvalue weighted by molar-refractivity contribution is 5.85. The molecule has 1 fully saturated rings. The van der Waals surface area contributed by atoms with Gasteiger partial charge in [0.05, 0.1) is 13.2 Å². The zero-order valence-corrected chi connectivity index (χ0v) is 15.2. The number of benzene rings is 1. The number of carbonyl (C=O) groups is 1. The molecule has 1 aliphatic heterocycles. The molecule has 1 aromatic rings. The first kappa shape index (κ1) is 22.5.